The molecule has 1 amide bonds. The van der Waals surface area contributed by atoms with Crippen LogP contribution in [-0.4, -0.2) is 5.91 Å². The van der Waals surface area contributed by atoms with Gasteiger partial charge in [0.15, 0.2) is 0 Å². The molecule has 2 rings (SSSR count). The summed E-state index contributed by atoms with van der Waals surface area (Å²) >= 11 is 1.65. The van der Waals surface area contributed by atoms with Gasteiger partial charge in [0.05, 0.1) is 6.54 Å². The first-order valence-electron chi connectivity index (χ1n) is 5.54. The van der Waals surface area contributed by atoms with Gasteiger partial charge in [-0.25, -0.2) is 0 Å². The van der Waals surface area contributed by atoms with E-state index in [0.29, 0.717) is 6.54 Å². The Morgan fingerprint density at radius 3 is 2.53 bits per heavy atom. The molecule has 88 valence electrons. The molecule has 0 unspecified atom stereocenters. The Kier molecular flexibility index (Phi) is 3.59. The fraction of sp³-hybridized carbons (Fsp3) is 0.214. The molecular formula is C14H15NOS. The van der Waals surface area contributed by atoms with Crippen LogP contribution >= 0.6 is 11.3 Å². The number of aryl methyl sites for hydroxylation is 2. The van der Waals surface area contributed by atoms with Crippen LogP contribution in [0.3, 0.4) is 0 Å². The summed E-state index contributed by atoms with van der Waals surface area (Å²) < 4.78 is 0. The van der Waals surface area contributed by atoms with Crippen LogP contribution in [0.1, 0.15) is 26.4 Å². The molecule has 0 aliphatic rings. The van der Waals surface area contributed by atoms with E-state index in [1.165, 1.54) is 4.88 Å². The second-order valence-corrected chi connectivity index (χ2v) is 5.17. The summed E-state index contributed by atoms with van der Waals surface area (Å²) in [7, 11) is 0. The Morgan fingerprint density at radius 1 is 1.24 bits per heavy atom. The van der Waals surface area contributed by atoms with E-state index in [9.17, 15) is 4.79 Å². The van der Waals surface area contributed by atoms with Crippen LogP contribution in [0.4, 0.5) is 0 Å². The van der Waals surface area contributed by atoms with Gasteiger partial charge in [-0.1, -0.05) is 23.3 Å². The molecule has 0 aliphatic carbocycles. The summed E-state index contributed by atoms with van der Waals surface area (Å²) in [6.45, 7) is 4.61. The minimum atomic E-state index is -0.00907. The number of hydrogen-bond acceptors (Lipinski definition) is 2. The quantitative estimate of drug-likeness (QED) is 0.883. The topological polar surface area (TPSA) is 29.1 Å². The van der Waals surface area contributed by atoms with Crippen molar-refractivity contribution in [1.82, 2.24) is 5.32 Å². The Labute approximate surface area is 105 Å². The average molecular weight is 245 g/mol. The number of benzene rings is 1. The number of thiophene rings is 1. The Hall–Kier alpha value is -1.61. The first-order chi connectivity index (χ1) is 8.15. The zero-order valence-electron chi connectivity index (χ0n) is 9.99. The SMILES string of the molecule is Cc1cc(C)cc(C(=O)NCc2cccs2)c1. The van der Waals surface area contributed by atoms with Gasteiger partial charge in [0.1, 0.15) is 0 Å². The van der Waals surface area contributed by atoms with Crippen LogP contribution in [0, 0.1) is 13.8 Å². The highest BCUT2D eigenvalue weighted by molar-refractivity contribution is 7.09. The number of amides is 1. The summed E-state index contributed by atoms with van der Waals surface area (Å²) in [5.41, 5.74) is 2.97. The van der Waals surface area contributed by atoms with Crippen molar-refractivity contribution in [3.8, 4) is 0 Å². The van der Waals surface area contributed by atoms with E-state index < -0.39 is 0 Å². The van der Waals surface area contributed by atoms with Crippen molar-refractivity contribution in [3.05, 3.63) is 57.3 Å². The van der Waals surface area contributed by atoms with E-state index in [1.807, 2.05) is 43.5 Å². The van der Waals surface area contributed by atoms with E-state index in [-0.39, 0.29) is 5.91 Å². The van der Waals surface area contributed by atoms with Gasteiger partial charge in [0.2, 0.25) is 0 Å². The van der Waals surface area contributed by atoms with Crippen molar-refractivity contribution in [2.45, 2.75) is 20.4 Å². The molecule has 0 bridgehead atoms. The largest absolute Gasteiger partial charge is 0.347 e. The van der Waals surface area contributed by atoms with Crippen LogP contribution in [0.2, 0.25) is 0 Å². The van der Waals surface area contributed by atoms with E-state index in [1.54, 1.807) is 11.3 Å². The lowest BCUT2D eigenvalue weighted by Gasteiger charge is -2.06. The molecule has 0 saturated carbocycles. The normalized spacial score (nSPS) is 10.2. The van der Waals surface area contributed by atoms with Gasteiger partial charge in [0.25, 0.3) is 5.91 Å². The van der Waals surface area contributed by atoms with Crippen LogP contribution in [0.5, 0.6) is 0 Å². The Morgan fingerprint density at radius 2 is 1.94 bits per heavy atom. The molecule has 0 saturated heterocycles. The van der Waals surface area contributed by atoms with Crippen molar-refractivity contribution in [1.29, 1.82) is 0 Å². The molecule has 3 heteroatoms. The maximum Gasteiger partial charge on any atom is 0.251 e. The van der Waals surface area contributed by atoms with Crippen molar-refractivity contribution < 1.29 is 4.79 Å². The molecule has 0 radical (unpaired) electrons. The second kappa shape index (κ2) is 5.15. The van der Waals surface area contributed by atoms with Crippen LogP contribution in [-0.2, 0) is 6.54 Å². The average Bonchev–Trinajstić information content (AvgIpc) is 2.77. The predicted molar refractivity (Wildman–Crippen MR) is 71.4 cm³/mol. The maximum atomic E-state index is 11.9. The maximum absolute atomic E-state index is 11.9. The first kappa shape index (κ1) is 11.9. The fourth-order valence-corrected chi connectivity index (χ4v) is 2.43. The number of carbonyl (C=O) groups is 1. The lowest BCUT2D eigenvalue weighted by molar-refractivity contribution is 0.0951. The van der Waals surface area contributed by atoms with Crippen LogP contribution < -0.4 is 5.32 Å². The number of hydrogen-bond donors (Lipinski definition) is 1. The standard InChI is InChI=1S/C14H15NOS/c1-10-6-11(2)8-12(7-10)14(16)15-9-13-4-3-5-17-13/h3-8H,9H2,1-2H3,(H,15,16). The summed E-state index contributed by atoms with van der Waals surface area (Å²) in [5, 5.41) is 4.94. The first-order valence-corrected chi connectivity index (χ1v) is 6.42. The van der Waals surface area contributed by atoms with Crippen LogP contribution in [0.25, 0.3) is 0 Å². The van der Waals surface area contributed by atoms with Crippen molar-refractivity contribution in [2.24, 2.45) is 0 Å². The lowest BCUT2D eigenvalue weighted by Crippen LogP contribution is -2.22. The Balaban J connectivity index is 2.04. The summed E-state index contributed by atoms with van der Waals surface area (Å²) in [4.78, 5) is 13.1. The molecule has 1 heterocycles. The second-order valence-electron chi connectivity index (χ2n) is 4.14. The monoisotopic (exact) mass is 245 g/mol. The number of nitrogens with one attached hydrogen (secondary N) is 1. The van der Waals surface area contributed by atoms with E-state index >= 15 is 0 Å². The summed E-state index contributed by atoms with van der Waals surface area (Å²) in [6, 6.07) is 9.90. The fourth-order valence-electron chi connectivity index (χ4n) is 1.79. The van der Waals surface area contributed by atoms with Crippen molar-refractivity contribution in [3.63, 3.8) is 0 Å². The highest BCUT2D eigenvalue weighted by atomic mass is 32.1. The van der Waals surface area contributed by atoms with Gasteiger partial charge in [-0.05, 0) is 37.4 Å². The third-order valence-corrected chi connectivity index (χ3v) is 3.36. The van der Waals surface area contributed by atoms with Crippen LogP contribution in [0.15, 0.2) is 35.7 Å². The van der Waals surface area contributed by atoms with E-state index in [0.717, 1.165) is 16.7 Å². The Bertz CT molecular complexity index is 497. The number of rotatable bonds is 3. The van der Waals surface area contributed by atoms with Gasteiger partial charge in [-0.2, -0.15) is 0 Å². The molecule has 2 aromatic rings. The minimum absolute atomic E-state index is 0.00907. The van der Waals surface area contributed by atoms with Gasteiger partial charge in [0, 0.05) is 10.4 Å². The molecule has 1 N–H and O–H groups in total. The minimum Gasteiger partial charge on any atom is -0.347 e. The lowest BCUT2D eigenvalue weighted by atomic mass is 10.1. The zero-order valence-corrected chi connectivity index (χ0v) is 10.8. The molecule has 17 heavy (non-hydrogen) atoms. The van der Waals surface area contributed by atoms with E-state index in [4.69, 9.17) is 0 Å². The molecular weight excluding hydrogens is 230 g/mol. The van der Waals surface area contributed by atoms with Crippen molar-refractivity contribution in [2.75, 3.05) is 0 Å². The van der Waals surface area contributed by atoms with Gasteiger partial charge in [-0.3, -0.25) is 4.79 Å². The highest BCUT2D eigenvalue weighted by Gasteiger charge is 2.06. The van der Waals surface area contributed by atoms with Gasteiger partial charge in [-0.15, -0.1) is 11.3 Å². The molecule has 0 spiro atoms. The summed E-state index contributed by atoms with van der Waals surface area (Å²) in [6.07, 6.45) is 0. The zero-order chi connectivity index (χ0) is 12.3. The molecule has 0 aliphatic heterocycles. The van der Waals surface area contributed by atoms with Crippen molar-refractivity contribution >= 4 is 17.2 Å². The smallest absolute Gasteiger partial charge is 0.251 e. The third-order valence-electron chi connectivity index (χ3n) is 2.49. The predicted octanol–water partition coefficient (Wildman–Crippen LogP) is 3.29. The van der Waals surface area contributed by atoms with E-state index in [2.05, 4.69) is 11.4 Å². The molecule has 1 aromatic heterocycles. The third kappa shape index (κ3) is 3.17. The van der Waals surface area contributed by atoms with Gasteiger partial charge >= 0.3 is 0 Å². The molecule has 2 nitrogen and oxygen atoms in total. The molecule has 1 aromatic carbocycles. The molecule has 0 fully saturated rings. The summed E-state index contributed by atoms with van der Waals surface area (Å²) in [5.74, 6) is -0.00907. The number of carbonyl (C=O) groups excluding carboxylic acids is 1. The highest BCUT2D eigenvalue weighted by Crippen LogP contribution is 2.10. The molecule has 0 atom stereocenters. The van der Waals surface area contributed by atoms with Gasteiger partial charge < -0.3 is 5.32 Å².